The Morgan fingerprint density at radius 3 is 2.14 bits per heavy atom. The number of rotatable bonds is 10. The number of aryl methyl sites for hydroxylation is 2. The molecule has 0 spiro atoms. The van der Waals surface area contributed by atoms with Crippen molar-refractivity contribution in [2.75, 3.05) is 13.2 Å². The van der Waals surface area contributed by atoms with E-state index in [2.05, 4.69) is 12.2 Å². The van der Waals surface area contributed by atoms with E-state index in [1.807, 2.05) is 69.3 Å². The highest BCUT2D eigenvalue weighted by Crippen LogP contribution is 2.16. The number of hydrogen-bond acceptors (Lipinski definition) is 3. The van der Waals surface area contributed by atoms with Crippen molar-refractivity contribution in [3.8, 4) is 5.75 Å². The maximum Gasteiger partial charge on any atom is 0.261 e. The van der Waals surface area contributed by atoms with Crippen LogP contribution in [0.15, 0.2) is 48.5 Å². The van der Waals surface area contributed by atoms with E-state index in [0.717, 1.165) is 17.5 Å². The van der Waals surface area contributed by atoms with Crippen LogP contribution in [0, 0.1) is 6.92 Å². The Balaban J connectivity index is 2.15. The summed E-state index contributed by atoms with van der Waals surface area (Å²) in [6.07, 6.45) is 1.49. The number of hydrogen-bond donors (Lipinski definition) is 1. The molecular formula is C24H32N2O3. The van der Waals surface area contributed by atoms with E-state index in [0.29, 0.717) is 25.3 Å². The van der Waals surface area contributed by atoms with Crippen molar-refractivity contribution in [2.24, 2.45) is 0 Å². The maximum absolute atomic E-state index is 13.0. The molecule has 5 nitrogen and oxygen atoms in total. The predicted octanol–water partition coefficient (Wildman–Crippen LogP) is 3.88. The topological polar surface area (TPSA) is 58.6 Å². The van der Waals surface area contributed by atoms with Gasteiger partial charge in [0.15, 0.2) is 6.61 Å². The molecule has 0 bridgehead atoms. The van der Waals surface area contributed by atoms with Gasteiger partial charge in [-0.2, -0.15) is 0 Å². The molecule has 2 aromatic rings. The minimum absolute atomic E-state index is 0.104. The van der Waals surface area contributed by atoms with Gasteiger partial charge in [0.25, 0.3) is 5.91 Å². The lowest BCUT2D eigenvalue weighted by Gasteiger charge is -2.30. The van der Waals surface area contributed by atoms with Gasteiger partial charge in [0, 0.05) is 13.1 Å². The van der Waals surface area contributed by atoms with E-state index in [4.69, 9.17) is 4.74 Å². The van der Waals surface area contributed by atoms with Crippen LogP contribution in [-0.4, -0.2) is 35.9 Å². The quantitative estimate of drug-likeness (QED) is 0.663. The highest BCUT2D eigenvalue weighted by atomic mass is 16.5. The van der Waals surface area contributed by atoms with Crippen LogP contribution in [0.25, 0.3) is 0 Å². The molecule has 5 heteroatoms. The highest BCUT2D eigenvalue weighted by Gasteiger charge is 2.28. The first-order valence-corrected chi connectivity index (χ1v) is 10.3. The van der Waals surface area contributed by atoms with Crippen molar-refractivity contribution in [3.05, 3.63) is 65.2 Å². The van der Waals surface area contributed by atoms with Gasteiger partial charge in [-0.15, -0.1) is 0 Å². The lowest BCUT2D eigenvalue weighted by molar-refractivity contribution is -0.142. The number of carbonyl (C=O) groups excluding carboxylic acids is 2. The van der Waals surface area contributed by atoms with Crippen LogP contribution in [0.4, 0.5) is 0 Å². The van der Waals surface area contributed by atoms with Gasteiger partial charge >= 0.3 is 0 Å². The summed E-state index contributed by atoms with van der Waals surface area (Å²) in [7, 11) is 0. The second-order valence-electron chi connectivity index (χ2n) is 7.11. The zero-order valence-corrected chi connectivity index (χ0v) is 17.9. The van der Waals surface area contributed by atoms with E-state index < -0.39 is 6.04 Å². The Kier molecular flexibility index (Phi) is 8.71. The fourth-order valence-corrected chi connectivity index (χ4v) is 3.15. The molecule has 2 aromatic carbocycles. The minimum Gasteiger partial charge on any atom is -0.484 e. The largest absolute Gasteiger partial charge is 0.484 e. The van der Waals surface area contributed by atoms with Crippen LogP contribution in [-0.2, 0) is 22.6 Å². The van der Waals surface area contributed by atoms with Crippen molar-refractivity contribution in [1.82, 2.24) is 10.2 Å². The van der Waals surface area contributed by atoms with E-state index in [9.17, 15) is 9.59 Å². The first kappa shape index (κ1) is 22.5. The number of nitrogens with zero attached hydrogens (tertiary/aromatic N) is 1. The third-order valence-electron chi connectivity index (χ3n) is 4.90. The molecule has 2 amide bonds. The SMILES string of the molecule is CCNC(=O)[C@H](CC)N(Cc1ccc(C)cc1)C(=O)COc1ccc(CC)cc1. The molecule has 0 aromatic heterocycles. The zero-order valence-electron chi connectivity index (χ0n) is 17.9. The van der Waals surface area contributed by atoms with Crippen LogP contribution >= 0.6 is 0 Å². The van der Waals surface area contributed by atoms with Gasteiger partial charge in [-0.05, 0) is 49.9 Å². The summed E-state index contributed by atoms with van der Waals surface area (Å²) in [5.41, 5.74) is 3.35. The molecule has 0 unspecified atom stereocenters. The van der Waals surface area contributed by atoms with Crippen LogP contribution < -0.4 is 10.1 Å². The summed E-state index contributed by atoms with van der Waals surface area (Å²) >= 11 is 0. The van der Waals surface area contributed by atoms with E-state index in [1.165, 1.54) is 5.56 Å². The van der Waals surface area contributed by atoms with E-state index in [1.54, 1.807) is 4.90 Å². The second-order valence-corrected chi connectivity index (χ2v) is 7.11. The van der Waals surface area contributed by atoms with Gasteiger partial charge in [-0.3, -0.25) is 9.59 Å². The molecule has 29 heavy (non-hydrogen) atoms. The molecule has 0 aliphatic heterocycles. The molecule has 0 fully saturated rings. The first-order valence-electron chi connectivity index (χ1n) is 10.3. The molecule has 0 aliphatic rings. The lowest BCUT2D eigenvalue weighted by Crippen LogP contribution is -2.50. The molecule has 0 saturated carbocycles. The summed E-state index contributed by atoms with van der Waals surface area (Å²) < 4.78 is 5.72. The highest BCUT2D eigenvalue weighted by molar-refractivity contribution is 5.88. The van der Waals surface area contributed by atoms with Gasteiger partial charge < -0.3 is 15.0 Å². The Hall–Kier alpha value is -2.82. The van der Waals surface area contributed by atoms with Gasteiger partial charge in [-0.25, -0.2) is 0 Å². The number of nitrogens with one attached hydrogen (secondary N) is 1. The first-order chi connectivity index (χ1) is 14.0. The lowest BCUT2D eigenvalue weighted by atomic mass is 10.1. The van der Waals surface area contributed by atoms with Gasteiger partial charge in [-0.1, -0.05) is 55.8 Å². The monoisotopic (exact) mass is 396 g/mol. The molecule has 2 rings (SSSR count). The van der Waals surface area contributed by atoms with E-state index in [-0.39, 0.29) is 18.4 Å². The Labute approximate surface area is 174 Å². The van der Waals surface area contributed by atoms with Gasteiger partial charge in [0.05, 0.1) is 0 Å². The second kappa shape index (κ2) is 11.2. The molecule has 0 aliphatic carbocycles. The van der Waals surface area contributed by atoms with Crippen molar-refractivity contribution in [1.29, 1.82) is 0 Å². The number of likely N-dealkylation sites (N-methyl/N-ethyl adjacent to an activating group) is 1. The third-order valence-corrected chi connectivity index (χ3v) is 4.90. The van der Waals surface area contributed by atoms with Crippen LogP contribution in [0.1, 0.15) is 43.9 Å². The van der Waals surface area contributed by atoms with Gasteiger partial charge in [0.1, 0.15) is 11.8 Å². The normalized spacial score (nSPS) is 11.6. The summed E-state index contributed by atoms with van der Waals surface area (Å²) in [5, 5.41) is 2.84. The van der Waals surface area contributed by atoms with Crippen molar-refractivity contribution >= 4 is 11.8 Å². The zero-order chi connectivity index (χ0) is 21.2. The summed E-state index contributed by atoms with van der Waals surface area (Å²) in [5.74, 6) is 0.308. The fourth-order valence-electron chi connectivity index (χ4n) is 3.15. The van der Waals surface area contributed by atoms with E-state index >= 15 is 0 Å². The van der Waals surface area contributed by atoms with Gasteiger partial charge in [0.2, 0.25) is 5.91 Å². The number of ether oxygens (including phenoxy) is 1. The maximum atomic E-state index is 13.0. The third kappa shape index (κ3) is 6.63. The van der Waals surface area contributed by atoms with Crippen molar-refractivity contribution in [2.45, 2.75) is 53.1 Å². The van der Waals surface area contributed by atoms with Crippen LogP contribution in [0.5, 0.6) is 5.75 Å². The van der Waals surface area contributed by atoms with Crippen LogP contribution in [0.2, 0.25) is 0 Å². The number of benzene rings is 2. The summed E-state index contributed by atoms with van der Waals surface area (Å²) in [6.45, 7) is 8.70. The van der Waals surface area contributed by atoms with Crippen molar-refractivity contribution in [3.63, 3.8) is 0 Å². The number of amides is 2. The minimum atomic E-state index is -0.533. The molecule has 1 atom stereocenters. The smallest absolute Gasteiger partial charge is 0.261 e. The summed E-state index contributed by atoms with van der Waals surface area (Å²) in [6, 6.07) is 15.2. The van der Waals surface area contributed by atoms with Crippen LogP contribution in [0.3, 0.4) is 0 Å². The van der Waals surface area contributed by atoms with Crippen molar-refractivity contribution < 1.29 is 14.3 Å². The molecule has 0 heterocycles. The standard InChI is InChI=1S/C24H32N2O3/c1-5-19-12-14-21(15-13-19)29-17-23(27)26(22(6-2)24(28)25-7-3)16-20-10-8-18(4)9-11-20/h8-15,22H,5-7,16-17H2,1-4H3,(H,25,28)/t22-/m0/s1. The molecule has 0 saturated heterocycles. The molecular weight excluding hydrogens is 364 g/mol. The molecule has 0 radical (unpaired) electrons. The average molecular weight is 397 g/mol. The fraction of sp³-hybridized carbons (Fsp3) is 0.417. The molecule has 156 valence electrons. The molecule has 1 N–H and O–H groups in total. The average Bonchev–Trinajstić information content (AvgIpc) is 2.73. The summed E-state index contributed by atoms with van der Waals surface area (Å²) in [4.78, 5) is 27.2. The number of carbonyl (C=O) groups is 2. The Bertz CT molecular complexity index is 785. The predicted molar refractivity (Wildman–Crippen MR) is 116 cm³/mol. The Morgan fingerprint density at radius 2 is 1.59 bits per heavy atom. The Morgan fingerprint density at radius 1 is 0.966 bits per heavy atom.